The lowest BCUT2D eigenvalue weighted by molar-refractivity contribution is -0.131. The molecule has 0 saturated heterocycles. The fourth-order valence-electron chi connectivity index (χ4n) is 1.59. The average molecular weight is 235 g/mol. The molecule has 0 fully saturated rings. The molecule has 0 aromatic heterocycles. The van der Waals surface area contributed by atoms with Crippen LogP contribution in [-0.4, -0.2) is 24.7 Å². The van der Waals surface area contributed by atoms with E-state index in [0.29, 0.717) is 11.5 Å². The maximum absolute atomic E-state index is 11.9. The Morgan fingerprint density at radius 1 is 1.47 bits per heavy atom. The van der Waals surface area contributed by atoms with Crippen molar-refractivity contribution >= 4 is 5.91 Å². The minimum absolute atomic E-state index is 0.117. The van der Waals surface area contributed by atoms with Crippen LogP contribution in [-0.2, 0) is 4.79 Å². The Kier molecular flexibility index (Phi) is 3.52. The topological polar surface area (TPSA) is 47.6 Å². The highest BCUT2D eigenvalue weighted by Crippen LogP contribution is 2.30. The summed E-state index contributed by atoms with van der Waals surface area (Å²) < 4.78 is 11.1. The predicted molar refractivity (Wildman–Crippen MR) is 64.2 cm³/mol. The molecule has 0 bridgehead atoms. The SMILES string of the molecule is CC[C@H](C)NC(=O)[C@@H]1COc2ccccc2O1. The number of nitrogens with one attached hydrogen (secondary N) is 1. The summed E-state index contributed by atoms with van der Waals surface area (Å²) >= 11 is 0. The van der Waals surface area contributed by atoms with E-state index < -0.39 is 6.10 Å². The van der Waals surface area contributed by atoms with Gasteiger partial charge in [0.25, 0.3) is 5.91 Å². The highest BCUT2D eigenvalue weighted by atomic mass is 16.6. The Balaban J connectivity index is 2.00. The van der Waals surface area contributed by atoms with Crippen LogP contribution in [0.2, 0.25) is 0 Å². The van der Waals surface area contributed by atoms with Gasteiger partial charge in [-0.3, -0.25) is 4.79 Å². The number of amides is 1. The largest absolute Gasteiger partial charge is 0.485 e. The third-order valence-electron chi connectivity index (χ3n) is 2.80. The first-order valence-electron chi connectivity index (χ1n) is 5.89. The van der Waals surface area contributed by atoms with Gasteiger partial charge in [-0.2, -0.15) is 0 Å². The van der Waals surface area contributed by atoms with E-state index >= 15 is 0 Å². The monoisotopic (exact) mass is 235 g/mol. The number of rotatable bonds is 3. The standard InChI is InChI=1S/C13H17NO3/c1-3-9(2)14-13(15)12-8-16-10-6-4-5-7-11(10)17-12/h4-7,9,12H,3,8H2,1-2H3,(H,14,15)/t9-,12-/m0/s1. The molecule has 1 N–H and O–H groups in total. The van der Waals surface area contributed by atoms with E-state index in [1.54, 1.807) is 6.07 Å². The second kappa shape index (κ2) is 5.08. The van der Waals surface area contributed by atoms with Crippen molar-refractivity contribution in [1.29, 1.82) is 0 Å². The van der Waals surface area contributed by atoms with Crippen molar-refractivity contribution in [2.24, 2.45) is 0 Å². The lowest BCUT2D eigenvalue weighted by Crippen LogP contribution is -2.46. The van der Waals surface area contributed by atoms with E-state index in [2.05, 4.69) is 5.32 Å². The number of benzene rings is 1. The van der Waals surface area contributed by atoms with Crippen molar-refractivity contribution in [3.63, 3.8) is 0 Å². The molecule has 1 aromatic rings. The zero-order chi connectivity index (χ0) is 12.3. The summed E-state index contributed by atoms with van der Waals surface area (Å²) in [5, 5.41) is 2.89. The zero-order valence-corrected chi connectivity index (χ0v) is 10.1. The molecule has 0 radical (unpaired) electrons. The van der Waals surface area contributed by atoms with Gasteiger partial charge in [-0.25, -0.2) is 0 Å². The molecular weight excluding hydrogens is 218 g/mol. The Labute approximate surface area is 101 Å². The number of para-hydroxylation sites is 2. The Hall–Kier alpha value is -1.71. The molecule has 17 heavy (non-hydrogen) atoms. The summed E-state index contributed by atoms with van der Waals surface area (Å²) in [6.07, 6.45) is 0.342. The van der Waals surface area contributed by atoms with Gasteiger partial charge in [-0.15, -0.1) is 0 Å². The normalized spacial score (nSPS) is 19.5. The van der Waals surface area contributed by atoms with Gasteiger partial charge < -0.3 is 14.8 Å². The van der Waals surface area contributed by atoms with Crippen molar-refractivity contribution in [1.82, 2.24) is 5.32 Å². The highest BCUT2D eigenvalue weighted by molar-refractivity contribution is 5.82. The van der Waals surface area contributed by atoms with Gasteiger partial charge in [0, 0.05) is 6.04 Å². The van der Waals surface area contributed by atoms with Gasteiger partial charge in [0.1, 0.15) is 6.61 Å². The maximum Gasteiger partial charge on any atom is 0.264 e. The summed E-state index contributed by atoms with van der Waals surface area (Å²) in [6.45, 7) is 4.26. The van der Waals surface area contributed by atoms with Crippen molar-refractivity contribution in [3.05, 3.63) is 24.3 Å². The molecule has 0 aliphatic carbocycles. The van der Waals surface area contributed by atoms with Crippen molar-refractivity contribution in [3.8, 4) is 11.5 Å². The summed E-state index contributed by atoms with van der Waals surface area (Å²) in [4.78, 5) is 11.9. The number of ether oxygens (including phenoxy) is 2. The van der Waals surface area contributed by atoms with E-state index in [1.807, 2.05) is 32.0 Å². The molecule has 0 unspecified atom stereocenters. The summed E-state index contributed by atoms with van der Waals surface area (Å²) in [6, 6.07) is 7.53. The molecule has 2 rings (SSSR count). The van der Waals surface area contributed by atoms with Crippen LogP contribution in [0.4, 0.5) is 0 Å². The fraction of sp³-hybridized carbons (Fsp3) is 0.462. The van der Waals surface area contributed by atoms with Crippen LogP contribution in [0, 0.1) is 0 Å². The maximum atomic E-state index is 11.9. The summed E-state index contributed by atoms with van der Waals surface area (Å²) in [5.74, 6) is 1.21. The van der Waals surface area contributed by atoms with Crippen molar-refractivity contribution in [2.45, 2.75) is 32.4 Å². The van der Waals surface area contributed by atoms with Crippen LogP contribution in [0.25, 0.3) is 0 Å². The number of fused-ring (bicyclic) bond motifs is 1. The molecule has 0 saturated carbocycles. The molecule has 1 aliphatic heterocycles. The Morgan fingerprint density at radius 3 is 2.88 bits per heavy atom. The second-order valence-electron chi connectivity index (χ2n) is 4.18. The number of carbonyl (C=O) groups is 1. The first kappa shape index (κ1) is 11.8. The summed E-state index contributed by atoms with van der Waals surface area (Å²) in [5.41, 5.74) is 0. The van der Waals surface area contributed by atoms with Crippen LogP contribution < -0.4 is 14.8 Å². The van der Waals surface area contributed by atoms with Crippen molar-refractivity contribution < 1.29 is 14.3 Å². The third kappa shape index (κ3) is 2.70. The molecule has 92 valence electrons. The number of hydrogen-bond acceptors (Lipinski definition) is 3. The van der Waals surface area contributed by atoms with Gasteiger partial charge in [-0.1, -0.05) is 19.1 Å². The molecular formula is C13H17NO3. The van der Waals surface area contributed by atoms with E-state index in [4.69, 9.17) is 9.47 Å². The number of carbonyl (C=O) groups excluding carboxylic acids is 1. The van der Waals surface area contributed by atoms with Gasteiger partial charge in [-0.05, 0) is 25.5 Å². The van der Waals surface area contributed by atoms with Crippen molar-refractivity contribution in [2.75, 3.05) is 6.61 Å². The lowest BCUT2D eigenvalue weighted by atomic mass is 10.2. The van der Waals surface area contributed by atoms with E-state index in [1.165, 1.54) is 0 Å². The number of hydrogen-bond donors (Lipinski definition) is 1. The van der Waals surface area contributed by atoms with Gasteiger partial charge in [0.15, 0.2) is 11.5 Å². The van der Waals surface area contributed by atoms with Crippen LogP contribution in [0.3, 0.4) is 0 Å². The third-order valence-corrected chi connectivity index (χ3v) is 2.80. The second-order valence-corrected chi connectivity index (χ2v) is 4.18. The quantitative estimate of drug-likeness (QED) is 0.868. The Morgan fingerprint density at radius 2 is 2.18 bits per heavy atom. The van der Waals surface area contributed by atoms with Crippen LogP contribution in [0.15, 0.2) is 24.3 Å². The Bertz CT molecular complexity index is 405. The molecule has 4 heteroatoms. The molecule has 0 spiro atoms. The molecule has 1 aromatic carbocycles. The fourth-order valence-corrected chi connectivity index (χ4v) is 1.59. The van der Waals surface area contributed by atoms with E-state index in [-0.39, 0.29) is 18.6 Å². The average Bonchev–Trinajstić information content (AvgIpc) is 2.38. The van der Waals surface area contributed by atoms with Gasteiger partial charge in [0.05, 0.1) is 0 Å². The summed E-state index contributed by atoms with van der Waals surface area (Å²) in [7, 11) is 0. The zero-order valence-electron chi connectivity index (χ0n) is 10.1. The van der Waals surface area contributed by atoms with Crippen LogP contribution in [0.1, 0.15) is 20.3 Å². The lowest BCUT2D eigenvalue weighted by Gasteiger charge is -2.26. The molecule has 1 heterocycles. The molecule has 4 nitrogen and oxygen atoms in total. The minimum Gasteiger partial charge on any atom is -0.485 e. The first-order valence-corrected chi connectivity index (χ1v) is 5.89. The molecule has 2 atom stereocenters. The van der Waals surface area contributed by atoms with Gasteiger partial charge in [0.2, 0.25) is 6.10 Å². The van der Waals surface area contributed by atoms with Crippen LogP contribution in [0.5, 0.6) is 11.5 Å². The van der Waals surface area contributed by atoms with E-state index in [9.17, 15) is 4.79 Å². The van der Waals surface area contributed by atoms with E-state index in [0.717, 1.165) is 6.42 Å². The highest BCUT2D eigenvalue weighted by Gasteiger charge is 2.27. The molecule has 1 amide bonds. The first-order chi connectivity index (χ1) is 8.20. The molecule has 1 aliphatic rings. The predicted octanol–water partition coefficient (Wildman–Crippen LogP) is 1.74. The smallest absolute Gasteiger partial charge is 0.264 e. The van der Waals surface area contributed by atoms with Crippen LogP contribution >= 0.6 is 0 Å². The minimum atomic E-state index is -0.557. The van der Waals surface area contributed by atoms with Gasteiger partial charge >= 0.3 is 0 Å².